The molecule has 8 heteroatoms. The van der Waals surface area contributed by atoms with Crippen molar-refractivity contribution < 1.29 is 26.3 Å². The summed E-state index contributed by atoms with van der Waals surface area (Å²) in [7, 11) is 0. The first-order valence-corrected chi connectivity index (χ1v) is 6.93. The lowest BCUT2D eigenvalue weighted by molar-refractivity contribution is -0.161. The van der Waals surface area contributed by atoms with Crippen LogP contribution in [0.2, 0.25) is 0 Å². The molecule has 0 unspecified atom stereocenters. The van der Waals surface area contributed by atoms with Gasteiger partial charge >= 0.3 is 12.4 Å². The Bertz CT molecular complexity index is 439. The summed E-state index contributed by atoms with van der Waals surface area (Å²) in [6, 6.07) is 2.57. The molecule has 1 nitrogen and oxygen atoms in total. The van der Waals surface area contributed by atoms with E-state index in [1.54, 1.807) is 0 Å². The highest BCUT2D eigenvalue weighted by Crippen LogP contribution is 2.34. The van der Waals surface area contributed by atoms with Crippen LogP contribution in [0, 0.1) is 0 Å². The Hall–Kier alpha value is -0.760. The van der Waals surface area contributed by atoms with E-state index in [1.165, 1.54) is 31.2 Å². The fourth-order valence-corrected chi connectivity index (χ4v) is 2.05. The van der Waals surface area contributed by atoms with Gasteiger partial charge in [-0.1, -0.05) is 28.1 Å². The van der Waals surface area contributed by atoms with Crippen molar-refractivity contribution in [1.29, 1.82) is 0 Å². The lowest BCUT2D eigenvalue weighted by Crippen LogP contribution is -2.39. The molecule has 0 aliphatic heterocycles. The van der Waals surface area contributed by atoms with E-state index >= 15 is 0 Å². The Kier molecular flexibility index (Phi) is 6.10. The topological polar surface area (TPSA) is 12.0 Å². The largest absolute Gasteiger partial charge is 0.407 e. The highest BCUT2D eigenvalue weighted by molar-refractivity contribution is 9.10. The molecule has 0 bridgehead atoms. The molecule has 0 spiro atoms. The van der Waals surface area contributed by atoms with Gasteiger partial charge < -0.3 is 0 Å². The van der Waals surface area contributed by atoms with Crippen molar-refractivity contribution in [3.05, 3.63) is 34.3 Å². The van der Waals surface area contributed by atoms with E-state index in [4.69, 9.17) is 0 Å². The van der Waals surface area contributed by atoms with Gasteiger partial charge in [-0.25, -0.2) is 0 Å². The summed E-state index contributed by atoms with van der Waals surface area (Å²) in [5.74, 6) is 0. The molecule has 1 N–H and O–H groups in total. The van der Waals surface area contributed by atoms with E-state index < -0.39 is 37.3 Å². The zero-order valence-electron chi connectivity index (χ0n) is 11.0. The van der Waals surface area contributed by atoms with Gasteiger partial charge in [0.25, 0.3) is 0 Å². The Labute approximate surface area is 126 Å². The fraction of sp³-hybridized carbons (Fsp3) is 0.538. The summed E-state index contributed by atoms with van der Waals surface area (Å²) in [4.78, 5) is 0. The second kappa shape index (κ2) is 7.00. The molecule has 0 radical (unpaired) electrons. The predicted molar refractivity (Wildman–Crippen MR) is 70.8 cm³/mol. The molecule has 0 aliphatic carbocycles. The van der Waals surface area contributed by atoms with Gasteiger partial charge in [-0.05, 0) is 31.0 Å². The van der Waals surface area contributed by atoms with Crippen molar-refractivity contribution in [2.24, 2.45) is 0 Å². The first kappa shape index (κ1) is 18.3. The van der Waals surface area contributed by atoms with Gasteiger partial charge in [-0.15, -0.1) is 0 Å². The summed E-state index contributed by atoms with van der Waals surface area (Å²) < 4.78 is 76.1. The Balaban J connectivity index is 2.78. The van der Waals surface area contributed by atoms with Crippen LogP contribution in [-0.2, 0) is 0 Å². The summed E-state index contributed by atoms with van der Waals surface area (Å²) >= 11 is 3.12. The third-order valence-corrected chi connectivity index (χ3v) is 3.37. The number of rotatable bonds is 5. The van der Waals surface area contributed by atoms with Crippen LogP contribution in [0.25, 0.3) is 0 Å². The van der Waals surface area contributed by atoms with Gasteiger partial charge in [0.1, 0.15) is 6.04 Å². The monoisotopic (exact) mass is 377 g/mol. The molecule has 0 saturated heterocycles. The quantitative estimate of drug-likeness (QED) is 0.679. The molecule has 0 amide bonds. The number of hydrogen-bond acceptors (Lipinski definition) is 1. The number of nitrogens with one attached hydrogen (secondary N) is 1. The van der Waals surface area contributed by atoms with E-state index in [2.05, 4.69) is 21.2 Å². The standard InChI is InChI=1S/C13H14BrF6N/c1-8(6-7-12(15,16)17)21-11(13(18,19)20)9-2-4-10(14)5-3-9/h2-5,8,11,21H,6-7H2,1H3/t8-,11-/m0/s1. The van der Waals surface area contributed by atoms with Crippen LogP contribution >= 0.6 is 15.9 Å². The average Bonchev–Trinajstić information content (AvgIpc) is 2.32. The van der Waals surface area contributed by atoms with Crippen molar-refractivity contribution >= 4 is 15.9 Å². The van der Waals surface area contributed by atoms with Crippen molar-refractivity contribution in [3.63, 3.8) is 0 Å². The second-order valence-corrected chi connectivity index (χ2v) is 5.66. The van der Waals surface area contributed by atoms with Crippen LogP contribution in [0.1, 0.15) is 31.4 Å². The molecular weight excluding hydrogens is 364 g/mol. The molecule has 0 heterocycles. The molecular formula is C13H14BrF6N. The maximum atomic E-state index is 13.0. The van der Waals surface area contributed by atoms with Crippen molar-refractivity contribution in [2.45, 2.75) is 44.2 Å². The molecule has 1 rings (SSSR count). The molecule has 1 aromatic carbocycles. The molecule has 21 heavy (non-hydrogen) atoms. The summed E-state index contributed by atoms with van der Waals surface area (Å²) in [6.45, 7) is 1.31. The zero-order chi connectivity index (χ0) is 16.3. The van der Waals surface area contributed by atoms with Crippen LogP contribution < -0.4 is 5.32 Å². The fourth-order valence-electron chi connectivity index (χ4n) is 1.78. The van der Waals surface area contributed by atoms with Crippen molar-refractivity contribution in [2.75, 3.05) is 0 Å². The molecule has 1 aromatic rings. The maximum Gasteiger partial charge on any atom is 0.407 e. The molecule has 120 valence electrons. The number of benzene rings is 1. The minimum atomic E-state index is -4.58. The lowest BCUT2D eigenvalue weighted by Gasteiger charge is -2.26. The number of hydrogen-bond donors (Lipinski definition) is 1. The van der Waals surface area contributed by atoms with Crippen molar-refractivity contribution in [3.8, 4) is 0 Å². The third kappa shape index (κ3) is 6.69. The minimum absolute atomic E-state index is 0.0374. The number of alkyl halides is 6. The summed E-state index contributed by atoms with van der Waals surface area (Å²) in [6.07, 6.45) is -10.5. The highest BCUT2D eigenvalue weighted by Gasteiger charge is 2.41. The second-order valence-electron chi connectivity index (χ2n) is 4.75. The van der Waals surface area contributed by atoms with Gasteiger partial charge in [-0.3, -0.25) is 5.32 Å². The van der Waals surface area contributed by atoms with Crippen LogP contribution in [-0.4, -0.2) is 18.4 Å². The van der Waals surface area contributed by atoms with Crippen molar-refractivity contribution in [1.82, 2.24) is 5.32 Å². The van der Waals surface area contributed by atoms with Crippen LogP contribution in [0.3, 0.4) is 0 Å². The maximum absolute atomic E-state index is 13.0. The molecule has 0 aromatic heterocycles. The van der Waals surface area contributed by atoms with Gasteiger partial charge in [0.15, 0.2) is 0 Å². The summed E-state index contributed by atoms with van der Waals surface area (Å²) in [5.41, 5.74) is -0.0374. The van der Waals surface area contributed by atoms with Gasteiger partial charge in [-0.2, -0.15) is 26.3 Å². The third-order valence-electron chi connectivity index (χ3n) is 2.84. The predicted octanol–water partition coefficient (Wildman–Crippen LogP) is 5.37. The highest BCUT2D eigenvalue weighted by atomic mass is 79.9. The normalized spacial score (nSPS) is 15.8. The molecule has 2 atom stereocenters. The Morgan fingerprint density at radius 3 is 2.00 bits per heavy atom. The van der Waals surface area contributed by atoms with Gasteiger partial charge in [0.05, 0.1) is 0 Å². The SMILES string of the molecule is C[C@@H](CCC(F)(F)F)N[C@@H](c1ccc(Br)cc1)C(F)(F)F. The Morgan fingerprint density at radius 2 is 1.57 bits per heavy atom. The van der Waals surface area contributed by atoms with E-state index in [9.17, 15) is 26.3 Å². The van der Waals surface area contributed by atoms with Crippen LogP contribution in [0.4, 0.5) is 26.3 Å². The zero-order valence-corrected chi connectivity index (χ0v) is 12.6. The molecule has 0 fully saturated rings. The first-order valence-electron chi connectivity index (χ1n) is 6.14. The lowest BCUT2D eigenvalue weighted by atomic mass is 10.0. The Morgan fingerprint density at radius 1 is 1.05 bits per heavy atom. The van der Waals surface area contributed by atoms with E-state index in [1.807, 2.05) is 0 Å². The average molecular weight is 378 g/mol. The van der Waals surface area contributed by atoms with Crippen LogP contribution in [0.15, 0.2) is 28.7 Å². The van der Waals surface area contributed by atoms with E-state index in [0.29, 0.717) is 4.47 Å². The molecule has 0 saturated carbocycles. The van der Waals surface area contributed by atoms with Crippen LogP contribution in [0.5, 0.6) is 0 Å². The van der Waals surface area contributed by atoms with Gasteiger partial charge in [0.2, 0.25) is 0 Å². The minimum Gasteiger partial charge on any atom is -0.300 e. The smallest absolute Gasteiger partial charge is 0.300 e. The number of halogens is 7. The van der Waals surface area contributed by atoms with E-state index in [-0.39, 0.29) is 5.56 Å². The first-order chi connectivity index (χ1) is 9.49. The molecule has 0 aliphatic rings. The summed E-state index contributed by atoms with van der Waals surface area (Å²) in [5, 5.41) is 2.22. The van der Waals surface area contributed by atoms with Gasteiger partial charge in [0, 0.05) is 16.9 Å². The van der Waals surface area contributed by atoms with E-state index in [0.717, 1.165) is 0 Å².